The fourth-order valence-corrected chi connectivity index (χ4v) is 2.66. The van der Waals surface area contributed by atoms with Crippen LogP contribution in [-0.4, -0.2) is 29.2 Å². The van der Waals surface area contributed by atoms with Gasteiger partial charge < -0.3 is 10.6 Å². The molecule has 1 aliphatic rings. The van der Waals surface area contributed by atoms with Gasteiger partial charge in [0.25, 0.3) is 0 Å². The Bertz CT molecular complexity index is 689. The number of piperidine rings is 1. The fourth-order valence-electron chi connectivity index (χ4n) is 2.66. The number of amides is 1. The number of nitriles is 1. The molecule has 0 aromatic heterocycles. The molecule has 2 N–H and O–H groups in total. The van der Waals surface area contributed by atoms with Crippen LogP contribution in [0.25, 0.3) is 0 Å². The van der Waals surface area contributed by atoms with E-state index in [2.05, 4.69) is 15.4 Å². The second-order valence-electron chi connectivity index (χ2n) is 6.07. The van der Waals surface area contributed by atoms with Gasteiger partial charge in [0.2, 0.25) is 5.91 Å². The highest BCUT2D eigenvalue weighted by atomic mass is 16.2. The van der Waals surface area contributed by atoms with Crippen molar-refractivity contribution in [2.75, 3.05) is 6.54 Å². The van der Waals surface area contributed by atoms with Crippen molar-refractivity contribution in [3.05, 3.63) is 29.8 Å². The van der Waals surface area contributed by atoms with Gasteiger partial charge in [-0.05, 0) is 42.7 Å². The van der Waals surface area contributed by atoms with Crippen molar-refractivity contribution in [2.45, 2.75) is 39.2 Å². The first kappa shape index (κ1) is 17.6. The summed E-state index contributed by atoms with van der Waals surface area (Å²) in [6, 6.07) is 8.57. The van der Waals surface area contributed by atoms with E-state index in [1.54, 1.807) is 29.2 Å². The minimum atomic E-state index is -0.224. The summed E-state index contributed by atoms with van der Waals surface area (Å²) in [6.45, 7) is 4.45. The van der Waals surface area contributed by atoms with Gasteiger partial charge in [-0.25, -0.2) is 0 Å². The minimum absolute atomic E-state index is 0.0752. The van der Waals surface area contributed by atoms with E-state index < -0.39 is 0 Å². The zero-order valence-electron chi connectivity index (χ0n) is 14.0. The quantitative estimate of drug-likeness (QED) is 0.398. The van der Waals surface area contributed by atoms with Gasteiger partial charge in [0.1, 0.15) is 5.84 Å². The predicted molar refractivity (Wildman–Crippen MR) is 91.5 cm³/mol. The smallest absolute Gasteiger partial charge is 0.225 e. The fraction of sp³-hybridized carbons (Fsp3) is 0.471. The largest absolute Gasteiger partial charge is 0.384 e. The average Bonchev–Trinajstić information content (AvgIpc) is 2.61. The third kappa shape index (κ3) is 4.38. The average molecular weight is 326 g/mol. The first-order valence-corrected chi connectivity index (χ1v) is 8.07. The molecule has 0 radical (unpaired) electrons. The van der Waals surface area contributed by atoms with E-state index in [1.165, 1.54) is 0 Å². The molecule has 1 saturated heterocycles. The number of benzene rings is 1. The molecule has 126 valence electrons. The van der Waals surface area contributed by atoms with Gasteiger partial charge in [-0.3, -0.25) is 4.79 Å². The van der Waals surface area contributed by atoms with Gasteiger partial charge in [-0.1, -0.05) is 19.9 Å². The summed E-state index contributed by atoms with van der Waals surface area (Å²) in [6.07, 6.45) is 2.77. The topological polar surface area (TPSA) is 107 Å². The molecule has 1 fully saturated rings. The first-order valence-electron chi connectivity index (χ1n) is 8.07. The number of carbonyl (C=O) groups is 1. The summed E-state index contributed by atoms with van der Waals surface area (Å²) >= 11 is 0. The van der Waals surface area contributed by atoms with E-state index in [-0.39, 0.29) is 17.9 Å². The summed E-state index contributed by atoms with van der Waals surface area (Å²) in [7, 11) is 0. The summed E-state index contributed by atoms with van der Waals surface area (Å²) in [5, 5.41) is 20.6. The minimum Gasteiger partial charge on any atom is -0.384 e. The number of likely N-dealkylation sites (tertiary alicyclic amines) is 1. The highest BCUT2D eigenvalue weighted by Crippen LogP contribution is 2.20. The molecule has 7 nitrogen and oxygen atoms in total. The van der Waals surface area contributed by atoms with Crippen LogP contribution in [0.5, 0.6) is 0 Å². The molecule has 1 heterocycles. The summed E-state index contributed by atoms with van der Waals surface area (Å²) in [5.41, 5.74) is 7.08. The number of nitrogens with zero attached hydrogens (tertiary/aromatic N) is 5. The maximum Gasteiger partial charge on any atom is 0.225 e. The van der Waals surface area contributed by atoms with E-state index in [0.717, 1.165) is 19.3 Å². The number of nitrogens with two attached hydrogens (primary N) is 1. The molecule has 1 amide bonds. The zero-order chi connectivity index (χ0) is 17.5. The van der Waals surface area contributed by atoms with E-state index in [0.29, 0.717) is 23.6 Å². The summed E-state index contributed by atoms with van der Waals surface area (Å²) < 4.78 is 0. The molecule has 1 aromatic rings. The van der Waals surface area contributed by atoms with Gasteiger partial charge in [0.05, 0.1) is 23.4 Å². The van der Waals surface area contributed by atoms with Gasteiger partial charge in [-0.15, -0.1) is 10.2 Å². The molecule has 1 aliphatic heterocycles. The molecule has 0 aliphatic carbocycles. The van der Waals surface area contributed by atoms with E-state index in [1.807, 2.05) is 19.9 Å². The highest BCUT2D eigenvalue weighted by molar-refractivity contribution is 5.90. The number of carbonyl (C=O) groups excluding carboxylic acids is 1. The molecule has 2 rings (SSSR count). The molecule has 0 saturated carbocycles. The Morgan fingerprint density at radius 2 is 2.21 bits per heavy atom. The van der Waals surface area contributed by atoms with Crippen molar-refractivity contribution < 1.29 is 4.79 Å². The lowest BCUT2D eigenvalue weighted by molar-refractivity contribution is -0.136. The lowest BCUT2D eigenvalue weighted by Gasteiger charge is -2.36. The van der Waals surface area contributed by atoms with E-state index in [9.17, 15) is 4.79 Å². The Kier molecular flexibility index (Phi) is 6.01. The van der Waals surface area contributed by atoms with Gasteiger partial charge in [0.15, 0.2) is 0 Å². The van der Waals surface area contributed by atoms with Crippen molar-refractivity contribution in [2.24, 2.45) is 27.1 Å². The summed E-state index contributed by atoms with van der Waals surface area (Å²) in [4.78, 5) is 14.1. The van der Waals surface area contributed by atoms with E-state index in [4.69, 9.17) is 11.0 Å². The van der Waals surface area contributed by atoms with Crippen molar-refractivity contribution in [3.63, 3.8) is 0 Å². The van der Waals surface area contributed by atoms with Crippen molar-refractivity contribution in [1.29, 1.82) is 5.26 Å². The molecular formula is C17H22N6O. The van der Waals surface area contributed by atoms with Crippen molar-refractivity contribution in [1.82, 2.24) is 4.90 Å². The van der Waals surface area contributed by atoms with Crippen LogP contribution in [-0.2, 0) is 4.79 Å². The van der Waals surface area contributed by atoms with E-state index >= 15 is 0 Å². The third-order valence-corrected chi connectivity index (χ3v) is 3.92. The van der Waals surface area contributed by atoms with Crippen LogP contribution in [0.1, 0.15) is 38.7 Å². The number of amidine groups is 1. The van der Waals surface area contributed by atoms with Gasteiger partial charge in [-0.2, -0.15) is 5.26 Å². The monoisotopic (exact) mass is 326 g/mol. The standard InChI is InChI=1S/C17H22N6O/c1-12(2)17(24)23-9-4-3-8-15(23)16(19)21-22-20-14-7-5-6-13(10-14)11-18/h5-7,10,12,15H,3-4,8-9H2,1-2H3,(H2,19,20,21). The molecule has 1 aromatic carbocycles. The molecule has 24 heavy (non-hydrogen) atoms. The van der Waals surface area contributed by atoms with Crippen LogP contribution in [0, 0.1) is 17.2 Å². The predicted octanol–water partition coefficient (Wildman–Crippen LogP) is 2.95. The van der Waals surface area contributed by atoms with Crippen molar-refractivity contribution in [3.8, 4) is 6.07 Å². The lowest BCUT2D eigenvalue weighted by Crippen LogP contribution is -2.51. The Labute approximate surface area is 141 Å². The number of rotatable bonds is 4. The SMILES string of the molecule is CC(C)C(=O)N1CCCCC1C(N)=NN=Nc1cccc(C#N)c1. The second-order valence-corrected chi connectivity index (χ2v) is 6.07. The molecular weight excluding hydrogens is 304 g/mol. The molecule has 1 unspecified atom stereocenters. The Morgan fingerprint density at radius 3 is 2.92 bits per heavy atom. The van der Waals surface area contributed by atoms with Crippen LogP contribution in [0.4, 0.5) is 5.69 Å². The van der Waals surface area contributed by atoms with Crippen LogP contribution >= 0.6 is 0 Å². The van der Waals surface area contributed by atoms with Crippen LogP contribution in [0.3, 0.4) is 0 Å². The van der Waals surface area contributed by atoms with Gasteiger partial charge in [0, 0.05) is 12.5 Å². The second kappa shape index (κ2) is 8.20. The van der Waals surface area contributed by atoms with Crippen molar-refractivity contribution >= 4 is 17.4 Å². The van der Waals surface area contributed by atoms with Crippen LogP contribution in [0.2, 0.25) is 0 Å². The van der Waals surface area contributed by atoms with Crippen LogP contribution in [0.15, 0.2) is 39.7 Å². The third-order valence-electron chi connectivity index (χ3n) is 3.92. The number of hydrogen-bond donors (Lipinski definition) is 1. The number of hydrogen-bond acceptors (Lipinski definition) is 4. The Hall–Kier alpha value is -2.75. The maximum absolute atomic E-state index is 12.3. The highest BCUT2D eigenvalue weighted by Gasteiger charge is 2.30. The zero-order valence-corrected chi connectivity index (χ0v) is 14.0. The molecule has 0 bridgehead atoms. The maximum atomic E-state index is 12.3. The molecule has 1 atom stereocenters. The normalized spacial score (nSPS) is 18.8. The Morgan fingerprint density at radius 1 is 1.42 bits per heavy atom. The lowest BCUT2D eigenvalue weighted by atomic mass is 9.99. The van der Waals surface area contributed by atoms with Gasteiger partial charge >= 0.3 is 0 Å². The molecule has 0 spiro atoms. The summed E-state index contributed by atoms with van der Waals surface area (Å²) in [5.74, 6) is 0.300. The molecule has 7 heteroatoms. The first-order chi connectivity index (χ1) is 11.5. The van der Waals surface area contributed by atoms with Crippen LogP contribution < -0.4 is 5.73 Å². The Balaban J connectivity index is 2.11.